The van der Waals surface area contributed by atoms with E-state index >= 15 is 0 Å². The van der Waals surface area contributed by atoms with Gasteiger partial charge in [-0.3, -0.25) is 9.59 Å². The molecule has 38 heavy (non-hydrogen) atoms. The summed E-state index contributed by atoms with van der Waals surface area (Å²) in [5, 5.41) is 10.9. The second-order valence-corrected chi connectivity index (χ2v) is 9.04. The number of hydrogen-bond acceptors (Lipinski definition) is 4. The molecule has 5 rings (SSSR count). The maximum atomic E-state index is 13.4. The number of nitrogens with zero attached hydrogens (tertiary/aromatic N) is 1. The molecule has 0 saturated heterocycles. The van der Waals surface area contributed by atoms with E-state index in [1.807, 2.05) is 115 Å². The van der Waals surface area contributed by atoms with Crippen molar-refractivity contribution in [2.75, 3.05) is 0 Å². The minimum absolute atomic E-state index is 0.0658. The molecular formula is C33H27NO4. The number of amides is 1. The zero-order valence-corrected chi connectivity index (χ0v) is 20.7. The first kappa shape index (κ1) is 24.8. The van der Waals surface area contributed by atoms with Crippen LogP contribution in [0.5, 0.6) is 5.75 Å². The van der Waals surface area contributed by atoms with Crippen LogP contribution in [0.3, 0.4) is 0 Å². The summed E-state index contributed by atoms with van der Waals surface area (Å²) in [7, 11) is 0. The third-order valence-electron chi connectivity index (χ3n) is 6.44. The number of hydrogen-bond donors (Lipinski definition) is 1. The van der Waals surface area contributed by atoms with E-state index < -0.39 is 23.5 Å². The average molecular weight is 502 g/mol. The fourth-order valence-electron chi connectivity index (χ4n) is 4.51. The summed E-state index contributed by atoms with van der Waals surface area (Å²) in [6, 6.07) is 35.4. The number of ether oxygens (including phenoxy) is 1. The Morgan fingerprint density at radius 2 is 1.37 bits per heavy atom. The van der Waals surface area contributed by atoms with E-state index in [0.717, 1.165) is 16.7 Å². The molecule has 4 aromatic carbocycles. The number of aliphatic hydroxyl groups excluding tert-OH is 1. The van der Waals surface area contributed by atoms with Crippen molar-refractivity contribution in [2.24, 2.45) is 0 Å². The van der Waals surface area contributed by atoms with Gasteiger partial charge < -0.3 is 14.7 Å². The molecule has 4 aromatic rings. The van der Waals surface area contributed by atoms with Crippen molar-refractivity contribution in [2.45, 2.75) is 19.2 Å². The lowest BCUT2D eigenvalue weighted by molar-refractivity contribution is -0.130. The van der Waals surface area contributed by atoms with Gasteiger partial charge >= 0.3 is 0 Å². The smallest absolute Gasteiger partial charge is 0.290 e. The average Bonchev–Trinajstić information content (AvgIpc) is 3.22. The molecule has 1 amide bonds. The van der Waals surface area contributed by atoms with Crippen LogP contribution in [0.4, 0.5) is 0 Å². The van der Waals surface area contributed by atoms with Crippen LogP contribution in [-0.2, 0) is 22.7 Å². The summed E-state index contributed by atoms with van der Waals surface area (Å²) in [6.45, 7) is 0.677. The number of rotatable bonds is 9. The Morgan fingerprint density at radius 1 is 0.789 bits per heavy atom. The Hall–Kier alpha value is -4.90. The summed E-state index contributed by atoms with van der Waals surface area (Å²) in [4.78, 5) is 28.1. The molecule has 0 fully saturated rings. The lowest BCUT2D eigenvalue weighted by Gasteiger charge is -2.27. The molecule has 0 saturated carbocycles. The van der Waals surface area contributed by atoms with Crippen LogP contribution < -0.4 is 4.74 Å². The molecule has 1 aliphatic rings. The van der Waals surface area contributed by atoms with Gasteiger partial charge in [-0.25, -0.2) is 0 Å². The standard InChI is InChI=1S/C33H27NO4/c35-29(21-16-24-10-4-1-5-11-24)30-31(34(33(37)32(30)36)22-25-12-6-2-7-13-25)27-17-19-28(20-18-27)38-23-26-14-8-3-9-15-26/h1-21,31,36H,22-23H2. The SMILES string of the molecule is O=C(C=Cc1ccccc1)C1=C(O)C(=O)N(Cc2ccccc2)C1c1ccc(OCc2ccccc2)cc1. The number of carbonyl (C=O) groups excluding carboxylic acids is 2. The predicted octanol–water partition coefficient (Wildman–Crippen LogP) is 6.44. The Balaban J connectivity index is 1.44. The van der Waals surface area contributed by atoms with Crippen molar-refractivity contribution in [3.8, 4) is 5.75 Å². The van der Waals surface area contributed by atoms with Crippen LogP contribution in [0.1, 0.15) is 28.3 Å². The Labute approximate surface area is 221 Å². The van der Waals surface area contributed by atoms with Crippen molar-refractivity contribution < 1.29 is 19.4 Å². The molecule has 0 aliphatic carbocycles. The van der Waals surface area contributed by atoms with Gasteiger partial charge in [0.2, 0.25) is 0 Å². The molecule has 188 valence electrons. The highest BCUT2D eigenvalue weighted by Gasteiger charge is 2.42. The largest absolute Gasteiger partial charge is 0.503 e. The molecule has 1 heterocycles. The number of carbonyl (C=O) groups is 2. The van der Waals surface area contributed by atoms with Crippen LogP contribution in [-0.4, -0.2) is 21.7 Å². The topological polar surface area (TPSA) is 66.8 Å². The summed E-state index contributed by atoms with van der Waals surface area (Å²) >= 11 is 0. The quantitative estimate of drug-likeness (QED) is 0.268. The van der Waals surface area contributed by atoms with Gasteiger partial charge in [0, 0.05) is 6.54 Å². The first-order valence-corrected chi connectivity index (χ1v) is 12.4. The summed E-state index contributed by atoms with van der Waals surface area (Å²) in [5.74, 6) is -0.830. The van der Waals surface area contributed by atoms with Gasteiger partial charge in [-0.15, -0.1) is 0 Å². The van der Waals surface area contributed by atoms with Crippen molar-refractivity contribution in [1.29, 1.82) is 0 Å². The van der Waals surface area contributed by atoms with Crippen LogP contribution in [0, 0.1) is 0 Å². The third-order valence-corrected chi connectivity index (χ3v) is 6.44. The predicted molar refractivity (Wildman–Crippen MR) is 147 cm³/mol. The van der Waals surface area contributed by atoms with E-state index in [1.54, 1.807) is 6.08 Å². The molecule has 0 spiro atoms. The van der Waals surface area contributed by atoms with E-state index in [1.165, 1.54) is 11.0 Å². The van der Waals surface area contributed by atoms with E-state index in [-0.39, 0.29) is 12.1 Å². The lowest BCUT2D eigenvalue weighted by Crippen LogP contribution is -2.30. The molecule has 5 nitrogen and oxygen atoms in total. The van der Waals surface area contributed by atoms with E-state index in [0.29, 0.717) is 17.9 Å². The van der Waals surface area contributed by atoms with Gasteiger partial charge in [0.25, 0.3) is 5.91 Å². The van der Waals surface area contributed by atoms with Gasteiger partial charge in [-0.1, -0.05) is 109 Å². The fraction of sp³-hybridized carbons (Fsp3) is 0.0909. The lowest BCUT2D eigenvalue weighted by atomic mass is 9.95. The maximum absolute atomic E-state index is 13.4. The number of aliphatic hydroxyl groups is 1. The zero-order chi connectivity index (χ0) is 26.3. The first-order chi connectivity index (χ1) is 18.6. The van der Waals surface area contributed by atoms with Gasteiger partial charge in [-0.2, -0.15) is 0 Å². The number of benzene rings is 4. The van der Waals surface area contributed by atoms with Crippen molar-refractivity contribution >= 4 is 17.8 Å². The second-order valence-electron chi connectivity index (χ2n) is 9.04. The van der Waals surface area contributed by atoms with Gasteiger partial charge in [-0.05, 0) is 40.5 Å². The highest BCUT2D eigenvalue weighted by Crippen LogP contribution is 2.39. The Morgan fingerprint density at radius 3 is 2.00 bits per heavy atom. The van der Waals surface area contributed by atoms with Crippen molar-refractivity contribution in [1.82, 2.24) is 4.90 Å². The molecule has 5 heteroatoms. The van der Waals surface area contributed by atoms with Crippen molar-refractivity contribution in [3.63, 3.8) is 0 Å². The summed E-state index contributed by atoms with van der Waals surface area (Å²) in [6.07, 6.45) is 3.09. The normalized spacial score (nSPS) is 15.3. The number of ketones is 1. The molecule has 1 aliphatic heterocycles. The second kappa shape index (κ2) is 11.4. The molecule has 0 bridgehead atoms. The fourth-order valence-corrected chi connectivity index (χ4v) is 4.51. The Kier molecular flexibility index (Phi) is 7.46. The molecule has 1 unspecified atom stereocenters. The minimum atomic E-state index is -0.737. The monoisotopic (exact) mass is 501 g/mol. The van der Waals surface area contributed by atoms with Crippen LogP contribution >= 0.6 is 0 Å². The van der Waals surface area contributed by atoms with E-state index in [2.05, 4.69) is 0 Å². The molecule has 1 atom stereocenters. The van der Waals surface area contributed by atoms with E-state index in [4.69, 9.17) is 4.74 Å². The third kappa shape index (κ3) is 5.57. The van der Waals surface area contributed by atoms with Crippen molar-refractivity contribution in [3.05, 3.63) is 155 Å². The zero-order valence-electron chi connectivity index (χ0n) is 20.7. The Bertz CT molecular complexity index is 1460. The van der Waals surface area contributed by atoms with Gasteiger partial charge in [0.1, 0.15) is 12.4 Å². The molecule has 1 N–H and O–H groups in total. The molecule has 0 radical (unpaired) electrons. The highest BCUT2D eigenvalue weighted by molar-refractivity contribution is 6.14. The minimum Gasteiger partial charge on any atom is -0.503 e. The van der Waals surface area contributed by atoms with Gasteiger partial charge in [0.05, 0.1) is 11.6 Å². The van der Waals surface area contributed by atoms with Gasteiger partial charge in [0.15, 0.2) is 11.5 Å². The summed E-state index contributed by atoms with van der Waals surface area (Å²) < 4.78 is 5.92. The summed E-state index contributed by atoms with van der Waals surface area (Å²) in [5.41, 5.74) is 3.58. The maximum Gasteiger partial charge on any atom is 0.290 e. The highest BCUT2D eigenvalue weighted by atomic mass is 16.5. The van der Waals surface area contributed by atoms with Crippen LogP contribution in [0.25, 0.3) is 6.08 Å². The van der Waals surface area contributed by atoms with Crippen LogP contribution in [0.15, 0.2) is 133 Å². The first-order valence-electron chi connectivity index (χ1n) is 12.4. The van der Waals surface area contributed by atoms with E-state index in [9.17, 15) is 14.7 Å². The molecular weight excluding hydrogens is 474 g/mol. The number of allylic oxidation sites excluding steroid dienone is 1. The molecule has 0 aromatic heterocycles. The van der Waals surface area contributed by atoms with Crippen LogP contribution in [0.2, 0.25) is 0 Å².